The molecule has 4 aliphatic carbocycles. The molecule has 0 aromatic rings. The van der Waals surface area contributed by atoms with Gasteiger partial charge in [0.1, 0.15) is 5.60 Å². The van der Waals surface area contributed by atoms with Gasteiger partial charge in [0.05, 0.1) is 41.2 Å². The van der Waals surface area contributed by atoms with E-state index in [1.165, 1.54) is 13.8 Å². The van der Waals surface area contributed by atoms with Crippen LogP contribution in [0.15, 0.2) is 0 Å². The Morgan fingerprint density at radius 2 is 1.56 bits per heavy atom. The Balaban J connectivity index is 1.47. The number of piperidine rings is 2. The van der Waals surface area contributed by atoms with Crippen LogP contribution in [0, 0.1) is 46.8 Å². The predicted octanol–water partition coefficient (Wildman–Crippen LogP) is 0.578. The van der Waals surface area contributed by atoms with E-state index in [1.807, 2.05) is 6.92 Å². The average Bonchev–Trinajstić information content (AvgIpc) is 3.42. The van der Waals surface area contributed by atoms with Crippen LogP contribution in [0.2, 0.25) is 0 Å². The number of carbonyl (C=O) groups excluding carboxylic acids is 4. The van der Waals surface area contributed by atoms with Crippen molar-refractivity contribution in [1.29, 1.82) is 0 Å². The molecular formula is C41H63NO15. The van der Waals surface area contributed by atoms with Crippen molar-refractivity contribution in [1.82, 2.24) is 4.90 Å². The van der Waals surface area contributed by atoms with Crippen molar-refractivity contribution in [3.05, 3.63) is 0 Å². The van der Waals surface area contributed by atoms with Crippen molar-refractivity contribution in [2.75, 3.05) is 13.1 Å². The van der Waals surface area contributed by atoms with Gasteiger partial charge in [0.25, 0.3) is 0 Å². The van der Waals surface area contributed by atoms with Crippen molar-refractivity contribution in [2.45, 2.75) is 172 Å². The van der Waals surface area contributed by atoms with Crippen LogP contribution in [0.5, 0.6) is 0 Å². The molecular weight excluding hydrogens is 746 g/mol. The van der Waals surface area contributed by atoms with Gasteiger partial charge in [0, 0.05) is 44.3 Å². The molecule has 6 N–H and O–H groups in total. The van der Waals surface area contributed by atoms with E-state index < -0.39 is 130 Å². The van der Waals surface area contributed by atoms with Crippen LogP contribution in [0.4, 0.5) is 0 Å². The molecule has 0 radical (unpaired) electrons. The first-order valence-electron chi connectivity index (χ1n) is 20.8. The van der Waals surface area contributed by atoms with Crippen molar-refractivity contribution in [3.63, 3.8) is 0 Å². The maximum atomic E-state index is 13.9. The summed E-state index contributed by atoms with van der Waals surface area (Å²) in [6, 6.07) is -0.332. The summed E-state index contributed by atoms with van der Waals surface area (Å²) in [7, 11) is 0. The summed E-state index contributed by atoms with van der Waals surface area (Å²) in [6.45, 7) is 15.1. The Kier molecular flexibility index (Phi) is 10.3. The second kappa shape index (κ2) is 13.8. The highest BCUT2D eigenvalue weighted by atomic mass is 16.7. The molecule has 57 heavy (non-hydrogen) atoms. The van der Waals surface area contributed by atoms with Crippen molar-refractivity contribution in [3.8, 4) is 0 Å². The van der Waals surface area contributed by atoms with Crippen molar-refractivity contribution >= 4 is 23.9 Å². The minimum Gasteiger partial charge on any atom is -0.458 e. The van der Waals surface area contributed by atoms with Crippen LogP contribution >= 0.6 is 0 Å². The number of aliphatic hydroxyl groups is 6. The van der Waals surface area contributed by atoms with Gasteiger partial charge < -0.3 is 54.3 Å². The first kappa shape index (κ1) is 42.7. The maximum Gasteiger partial charge on any atom is 0.338 e. The molecule has 322 valence electrons. The summed E-state index contributed by atoms with van der Waals surface area (Å²) in [5.74, 6) is -11.6. The van der Waals surface area contributed by atoms with Gasteiger partial charge in [0.2, 0.25) is 5.79 Å². The number of ether oxygens (including phenoxy) is 5. The van der Waals surface area contributed by atoms with Gasteiger partial charge >= 0.3 is 23.9 Å². The summed E-state index contributed by atoms with van der Waals surface area (Å²) in [6.07, 6.45) is -7.88. The third-order valence-electron chi connectivity index (χ3n) is 16.0. The van der Waals surface area contributed by atoms with E-state index in [9.17, 15) is 49.8 Å². The fourth-order valence-corrected chi connectivity index (χ4v) is 13.7. The second-order valence-electron chi connectivity index (χ2n) is 19.5. The molecule has 16 nitrogen and oxygen atoms in total. The molecule has 3 heterocycles. The number of carbonyl (C=O) groups is 4. The first-order valence-corrected chi connectivity index (χ1v) is 20.8. The number of aliphatic hydroxyl groups excluding tert-OH is 3. The largest absolute Gasteiger partial charge is 0.458 e. The monoisotopic (exact) mass is 809 g/mol. The van der Waals surface area contributed by atoms with Crippen molar-refractivity contribution < 1.29 is 73.5 Å². The van der Waals surface area contributed by atoms with Gasteiger partial charge in [-0.1, -0.05) is 27.7 Å². The van der Waals surface area contributed by atoms with E-state index in [-0.39, 0.29) is 25.3 Å². The molecule has 20 atom stereocenters. The molecule has 0 aromatic carbocycles. The van der Waals surface area contributed by atoms with Gasteiger partial charge in [-0.3, -0.25) is 19.3 Å². The molecule has 0 amide bonds. The molecule has 3 aliphatic heterocycles. The van der Waals surface area contributed by atoms with E-state index >= 15 is 0 Å². The van der Waals surface area contributed by atoms with Gasteiger partial charge in [-0.05, 0) is 77.0 Å². The maximum absolute atomic E-state index is 13.9. The van der Waals surface area contributed by atoms with E-state index in [0.29, 0.717) is 31.8 Å². The number of hydrogen-bond acceptors (Lipinski definition) is 16. The third-order valence-corrected chi connectivity index (χ3v) is 16.0. The number of rotatable bonds is 8. The Morgan fingerprint density at radius 1 is 0.895 bits per heavy atom. The fraction of sp³-hybridized carbons (Fsp3) is 0.902. The highest BCUT2D eigenvalue weighted by molar-refractivity contribution is 5.75. The Morgan fingerprint density at radius 3 is 2.16 bits per heavy atom. The standard InChI is InChI=1S/C41H63NO15/c1-10-19(3)33(48)55-31-29(47)27-23(17-42-16-18(2)11-12-25(42)37(27,8)50)24-15-39-30(40(24,31)51)32(53-21(5)44)38(9,56-22(6)45)35-36(39,7)14-13-26(41(35,52)57-39)54-34(49)28(46)20(4)43/h18-20,23-32,35,43,46-47,50-52H,10-17H2,1-9H3. The summed E-state index contributed by atoms with van der Waals surface area (Å²) in [4.78, 5) is 55.7. The van der Waals surface area contributed by atoms with E-state index in [0.717, 1.165) is 20.3 Å². The van der Waals surface area contributed by atoms with Gasteiger partial charge in [-0.15, -0.1) is 0 Å². The second-order valence-corrected chi connectivity index (χ2v) is 19.5. The van der Waals surface area contributed by atoms with Gasteiger partial charge in [-0.2, -0.15) is 0 Å². The SMILES string of the molecule is CCC(C)C(=O)OC1C(O)C2C(CN3CC(C)CCC3C2(C)O)C2CC34OC5(O)C(OC(=O)C(O)C(C)O)CCC3(C)C5C(C)(OC(C)=O)C(OC(C)=O)C4C21O. The first-order chi connectivity index (χ1) is 26.4. The zero-order valence-electron chi connectivity index (χ0n) is 34.5. The minimum atomic E-state index is -2.49. The summed E-state index contributed by atoms with van der Waals surface area (Å²) < 4.78 is 31.3. The molecule has 7 rings (SSSR count). The van der Waals surface area contributed by atoms with E-state index in [4.69, 9.17) is 23.7 Å². The number of fused-ring (bicyclic) bond motifs is 5. The molecule has 4 saturated carbocycles. The molecule has 4 bridgehead atoms. The van der Waals surface area contributed by atoms with E-state index in [2.05, 4.69) is 11.8 Å². The number of esters is 4. The lowest BCUT2D eigenvalue weighted by Gasteiger charge is -2.65. The Labute approximate surface area is 333 Å². The molecule has 16 heteroatoms. The average molecular weight is 810 g/mol. The zero-order chi connectivity index (χ0) is 42.2. The normalized spacial score (nSPS) is 51.2. The van der Waals surface area contributed by atoms with Crippen LogP contribution in [-0.4, -0.2) is 143 Å². The molecule has 20 unspecified atom stereocenters. The fourth-order valence-electron chi connectivity index (χ4n) is 13.7. The predicted molar refractivity (Wildman–Crippen MR) is 196 cm³/mol. The lowest BCUT2D eigenvalue weighted by molar-refractivity contribution is -0.312. The lowest BCUT2D eigenvalue weighted by Crippen LogP contribution is -2.79. The highest BCUT2D eigenvalue weighted by Gasteiger charge is 2.92. The molecule has 7 aliphatic rings. The molecule has 3 saturated heterocycles. The van der Waals surface area contributed by atoms with Crippen LogP contribution in [0.1, 0.15) is 101 Å². The van der Waals surface area contributed by atoms with Crippen LogP contribution in [0.3, 0.4) is 0 Å². The summed E-state index contributed by atoms with van der Waals surface area (Å²) in [5, 5.41) is 72.8. The smallest absolute Gasteiger partial charge is 0.338 e. The summed E-state index contributed by atoms with van der Waals surface area (Å²) >= 11 is 0. The third kappa shape index (κ3) is 5.74. The van der Waals surface area contributed by atoms with Gasteiger partial charge in [0.15, 0.2) is 30.0 Å². The topological polar surface area (TPSA) is 239 Å². The van der Waals surface area contributed by atoms with Crippen LogP contribution in [-0.2, 0) is 42.9 Å². The Bertz CT molecular complexity index is 1660. The van der Waals surface area contributed by atoms with Crippen LogP contribution in [0.25, 0.3) is 0 Å². The van der Waals surface area contributed by atoms with E-state index in [1.54, 1.807) is 20.8 Å². The van der Waals surface area contributed by atoms with Gasteiger partial charge in [-0.25, -0.2) is 4.79 Å². The number of hydrogen-bond donors (Lipinski definition) is 6. The molecule has 1 spiro atoms. The minimum absolute atomic E-state index is 0.0170. The van der Waals surface area contributed by atoms with Crippen molar-refractivity contribution in [2.24, 2.45) is 46.8 Å². The zero-order valence-corrected chi connectivity index (χ0v) is 34.5. The summed E-state index contributed by atoms with van der Waals surface area (Å²) in [5.41, 5.74) is -8.73. The number of nitrogens with zero attached hydrogens (tertiary/aromatic N) is 1. The van der Waals surface area contributed by atoms with Crippen LogP contribution < -0.4 is 0 Å². The molecule has 7 fully saturated rings. The highest BCUT2D eigenvalue weighted by Crippen LogP contribution is 2.79. The Hall–Kier alpha value is -2.44. The lowest BCUT2D eigenvalue weighted by atomic mass is 9.45. The quantitative estimate of drug-likeness (QED) is 0.145. The molecule has 0 aromatic heterocycles.